The molecule has 0 saturated carbocycles. The van der Waals surface area contributed by atoms with Gasteiger partial charge in [-0.05, 0) is 6.08 Å². The van der Waals surface area contributed by atoms with Crippen molar-refractivity contribution in [2.75, 3.05) is 0 Å². The highest BCUT2D eigenvalue weighted by Gasteiger charge is 2.61. The van der Waals surface area contributed by atoms with E-state index in [1.165, 1.54) is 0 Å². The summed E-state index contributed by atoms with van der Waals surface area (Å²) in [6, 6.07) is 0. The van der Waals surface area contributed by atoms with E-state index >= 15 is 0 Å². The summed E-state index contributed by atoms with van der Waals surface area (Å²) < 4.78 is 84.8. The fourth-order valence-corrected chi connectivity index (χ4v) is 0.533. The molecule has 0 aliphatic heterocycles. The van der Waals surface area contributed by atoms with Crippen molar-refractivity contribution in [3.8, 4) is 0 Å². The molecule has 10 heteroatoms. The number of carboxylic acids is 1. The van der Waals surface area contributed by atoms with Crippen LogP contribution in [0.25, 0.3) is 0 Å². The van der Waals surface area contributed by atoms with Gasteiger partial charge in [-0.2, -0.15) is 17.6 Å². The molecule has 0 rings (SSSR count). The van der Waals surface area contributed by atoms with Crippen LogP contribution in [-0.4, -0.2) is 29.5 Å². The zero-order valence-corrected chi connectivity index (χ0v) is 7.06. The summed E-state index contributed by atoms with van der Waals surface area (Å²) >= 11 is 0. The van der Waals surface area contributed by atoms with E-state index in [9.17, 15) is 35.5 Å². The topological polar surface area (TPSA) is 46.5 Å². The molecule has 1 unspecified atom stereocenters. The number of hydrogen-bond donors (Lipinski definition) is 1. The Kier molecular flexibility index (Phi) is 3.92. The second kappa shape index (κ2) is 4.28. The van der Waals surface area contributed by atoms with Crippen LogP contribution in [-0.2, 0) is 9.53 Å². The minimum atomic E-state index is -6.06. The molecule has 1 N–H and O–H groups in total. The number of ether oxygens (including phenoxy) is 1. The summed E-state index contributed by atoms with van der Waals surface area (Å²) in [5, 5.41) is 7.88. The zero-order chi connectivity index (χ0) is 13.2. The molecule has 0 amide bonds. The number of hydrogen-bond acceptors (Lipinski definition) is 2. The van der Waals surface area contributed by atoms with Crippen LogP contribution >= 0.6 is 0 Å². The van der Waals surface area contributed by atoms with Crippen molar-refractivity contribution in [3.05, 3.63) is 12.2 Å². The molecule has 3 nitrogen and oxygen atoms in total. The summed E-state index contributed by atoms with van der Waals surface area (Å²) in [5.41, 5.74) is 0. The molecular weight excluding hydrogens is 253 g/mol. The minimum absolute atomic E-state index is 0.445. The molecule has 0 aromatic carbocycles. The maximum atomic E-state index is 12.7. The van der Waals surface area contributed by atoms with E-state index in [2.05, 4.69) is 4.74 Å². The number of aliphatic carboxylic acids is 1. The van der Waals surface area contributed by atoms with E-state index in [0.717, 1.165) is 0 Å². The first-order chi connectivity index (χ1) is 6.87. The Labute approximate surface area is 83.1 Å². The third kappa shape index (κ3) is 4.47. The van der Waals surface area contributed by atoms with E-state index in [1.54, 1.807) is 0 Å². The number of alkyl halides is 7. The summed E-state index contributed by atoms with van der Waals surface area (Å²) in [4.78, 5) is 9.78. The number of carboxylic acid groups (broad SMARTS) is 1. The molecule has 0 saturated heterocycles. The van der Waals surface area contributed by atoms with Gasteiger partial charge >= 0.3 is 24.4 Å². The highest BCUT2D eigenvalue weighted by Crippen LogP contribution is 2.40. The zero-order valence-electron chi connectivity index (χ0n) is 7.06. The Balaban J connectivity index is 5.14. The van der Waals surface area contributed by atoms with Crippen molar-refractivity contribution in [1.82, 2.24) is 0 Å². The number of rotatable bonds is 3. The van der Waals surface area contributed by atoms with Crippen molar-refractivity contribution in [2.24, 2.45) is 0 Å². The normalized spacial score (nSPS) is 17.4. The average molecular weight is 256 g/mol. The van der Waals surface area contributed by atoms with Gasteiger partial charge in [0.05, 0.1) is 0 Å². The van der Waals surface area contributed by atoms with Crippen LogP contribution in [0.15, 0.2) is 12.2 Å². The standard InChI is InChI=1S/C6H3F7O3/c7-4(5(8,9)10,2-1-3(14)15)16-6(11,12)13/h1-2H,(H,14,15)/b2-1+. The maximum Gasteiger partial charge on any atom is 0.525 e. The third-order valence-corrected chi connectivity index (χ3v) is 1.09. The molecule has 1 atom stereocenters. The van der Waals surface area contributed by atoms with Crippen LogP contribution in [0.3, 0.4) is 0 Å². The summed E-state index contributed by atoms with van der Waals surface area (Å²) in [6.07, 6.45) is -13.3. The summed E-state index contributed by atoms with van der Waals surface area (Å²) in [6.45, 7) is 0. The summed E-state index contributed by atoms with van der Waals surface area (Å²) in [7, 11) is 0. The molecular formula is C6H3F7O3. The third-order valence-electron chi connectivity index (χ3n) is 1.09. The first kappa shape index (κ1) is 14.7. The van der Waals surface area contributed by atoms with Crippen LogP contribution in [0.5, 0.6) is 0 Å². The van der Waals surface area contributed by atoms with Crippen LogP contribution in [0, 0.1) is 0 Å². The van der Waals surface area contributed by atoms with Crippen molar-refractivity contribution in [2.45, 2.75) is 18.4 Å². The molecule has 94 valence electrons. The Hall–Kier alpha value is -1.32. The lowest BCUT2D eigenvalue weighted by Crippen LogP contribution is -2.45. The van der Waals surface area contributed by atoms with Gasteiger partial charge in [-0.15, -0.1) is 13.2 Å². The Morgan fingerprint density at radius 3 is 1.75 bits per heavy atom. The highest BCUT2D eigenvalue weighted by atomic mass is 19.4. The largest absolute Gasteiger partial charge is 0.525 e. The van der Waals surface area contributed by atoms with Gasteiger partial charge in [0.15, 0.2) is 0 Å². The molecule has 0 fully saturated rings. The maximum absolute atomic E-state index is 12.7. The van der Waals surface area contributed by atoms with Gasteiger partial charge in [-0.25, -0.2) is 9.53 Å². The van der Waals surface area contributed by atoms with Crippen LogP contribution in [0.2, 0.25) is 0 Å². The van der Waals surface area contributed by atoms with Crippen molar-refractivity contribution in [1.29, 1.82) is 0 Å². The predicted molar refractivity (Wildman–Crippen MR) is 33.8 cm³/mol. The van der Waals surface area contributed by atoms with E-state index in [1.807, 2.05) is 0 Å². The monoisotopic (exact) mass is 256 g/mol. The number of halogens is 7. The first-order valence-corrected chi connectivity index (χ1v) is 3.32. The minimum Gasteiger partial charge on any atom is -0.478 e. The van der Waals surface area contributed by atoms with Gasteiger partial charge < -0.3 is 5.11 Å². The van der Waals surface area contributed by atoms with Gasteiger partial charge in [0, 0.05) is 6.08 Å². The van der Waals surface area contributed by atoms with Gasteiger partial charge in [-0.1, -0.05) is 0 Å². The van der Waals surface area contributed by atoms with E-state index < -0.39 is 36.5 Å². The van der Waals surface area contributed by atoms with Crippen LogP contribution < -0.4 is 0 Å². The lowest BCUT2D eigenvalue weighted by Gasteiger charge is -2.25. The quantitative estimate of drug-likeness (QED) is 0.623. The van der Waals surface area contributed by atoms with Gasteiger partial charge in [0.1, 0.15) is 0 Å². The molecule has 0 aliphatic carbocycles. The van der Waals surface area contributed by atoms with Gasteiger partial charge in [0.25, 0.3) is 0 Å². The van der Waals surface area contributed by atoms with Crippen molar-refractivity contribution >= 4 is 5.97 Å². The van der Waals surface area contributed by atoms with E-state index in [4.69, 9.17) is 5.11 Å². The fraction of sp³-hybridized carbons (Fsp3) is 0.500. The number of carbonyl (C=O) groups is 1. The molecule has 0 bridgehead atoms. The van der Waals surface area contributed by atoms with Gasteiger partial charge in [-0.3, -0.25) is 0 Å². The summed E-state index contributed by atoms with van der Waals surface area (Å²) in [5.74, 6) is -7.29. The SMILES string of the molecule is O=C(O)/C=C/C(F)(OC(F)(F)F)C(F)(F)F. The highest BCUT2D eigenvalue weighted by molar-refractivity contribution is 5.79. The predicted octanol–water partition coefficient (Wildman–Crippen LogP) is 2.39. The van der Waals surface area contributed by atoms with Crippen molar-refractivity contribution in [3.63, 3.8) is 0 Å². The average Bonchev–Trinajstić information content (AvgIpc) is 1.95. The Morgan fingerprint density at radius 1 is 1.06 bits per heavy atom. The first-order valence-electron chi connectivity index (χ1n) is 3.32. The van der Waals surface area contributed by atoms with Gasteiger partial charge in [0.2, 0.25) is 0 Å². The Bertz CT molecular complexity index is 291. The lowest BCUT2D eigenvalue weighted by molar-refractivity contribution is -0.432. The smallest absolute Gasteiger partial charge is 0.478 e. The molecule has 0 aromatic heterocycles. The van der Waals surface area contributed by atoms with E-state index in [0.29, 0.717) is 0 Å². The Morgan fingerprint density at radius 2 is 1.50 bits per heavy atom. The molecule has 0 aromatic rings. The lowest BCUT2D eigenvalue weighted by atomic mass is 10.2. The molecule has 0 heterocycles. The van der Waals surface area contributed by atoms with Crippen LogP contribution in [0.4, 0.5) is 30.7 Å². The second-order valence-corrected chi connectivity index (χ2v) is 2.36. The van der Waals surface area contributed by atoms with Crippen LogP contribution in [0.1, 0.15) is 0 Å². The van der Waals surface area contributed by atoms with E-state index in [-0.39, 0.29) is 0 Å². The molecule has 0 spiro atoms. The molecule has 0 aliphatic rings. The molecule has 0 radical (unpaired) electrons. The molecule has 16 heavy (non-hydrogen) atoms. The fourth-order valence-electron chi connectivity index (χ4n) is 0.533. The second-order valence-electron chi connectivity index (χ2n) is 2.36. The van der Waals surface area contributed by atoms with Crippen molar-refractivity contribution < 1.29 is 45.4 Å².